The highest BCUT2D eigenvalue weighted by atomic mass is 127. The summed E-state index contributed by atoms with van der Waals surface area (Å²) < 4.78 is 7.50. The van der Waals surface area contributed by atoms with Crippen LogP contribution in [0.15, 0.2) is 66.4 Å². The maximum absolute atomic E-state index is 12.9. The number of imide groups is 1. The van der Waals surface area contributed by atoms with Gasteiger partial charge in [0.05, 0.1) is 12.1 Å². The third-order valence-corrected chi connectivity index (χ3v) is 7.40. The molecule has 1 heterocycles. The lowest BCUT2D eigenvalue weighted by atomic mass is 10.1. The van der Waals surface area contributed by atoms with Crippen molar-refractivity contribution in [3.63, 3.8) is 0 Å². The monoisotopic (exact) mass is 752 g/mol. The summed E-state index contributed by atoms with van der Waals surface area (Å²) in [5.41, 5.74) is 3.11. The van der Waals surface area contributed by atoms with E-state index in [2.05, 4.69) is 55.8 Å². The molecular formula is C27H22I2N4O6. The molecule has 0 aromatic heterocycles. The number of halogens is 2. The molecule has 200 valence electrons. The molecule has 0 spiro atoms. The van der Waals surface area contributed by atoms with Crippen molar-refractivity contribution in [3.8, 4) is 5.75 Å². The van der Waals surface area contributed by atoms with E-state index in [0.29, 0.717) is 17.0 Å². The first-order chi connectivity index (χ1) is 18.7. The predicted molar refractivity (Wildman–Crippen MR) is 162 cm³/mol. The van der Waals surface area contributed by atoms with E-state index in [0.717, 1.165) is 29.6 Å². The summed E-state index contributed by atoms with van der Waals surface area (Å²) in [6, 6.07) is 16.4. The number of urea groups is 1. The van der Waals surface area contributed by atoms with Crippen molar-refractivity contribution in [3.05, 3.63) is 100 Å². The number of benzene rings is 3. The highest BCUT2D eigenvalue weighted by Crippen LogP contribution is 2.31. The van der Waals surface area contributed by atoms with Gasteiger partial charge in [0.25, 0.3) is 11.6 Å². The molecule has 2 N–H and O–H groups in total. The zero-order chi connectivity index (χ0) is 28.1. The number of nitrogens with zero attached hydrogens (tertiary/aromatic N) is 2. The number of rotatable bonds is 9. The molecule has 39 heavy (non-hydrogen) atoms. The highest BCUT2D eigenvalue weighted by molar-refractivity contribution is 14.1. The van der Waals surface area contributed by atoms with E-state index >= 15 is 0 Å². The van der Waals surface area contributed by atoms with E-state index < -0.39 is 29.3 Å². The Bertz CT molecular complexity index is 1470. The van der Waals surface area contributed by atoms with Gasteiger partial charge in [0.15, 0.2) is 0 Å². The van der Waals surface area contributed by atoms with Gasteiger partial charge < -0.3 is 15.4 Å². The number of hydrogen-bond acceptors (Lipinski definition) is 6. The van der Waals surface area contributed by atoms with Gasteiger partial charge in [-0.2, -0.15) is 0 Å². The summed E-state index contributed by atoms with van der Waals surface area (Å²) in [6.07, 6.45) is 2.28. The van der Waals surface area contributed by atoms with E-state index in [1.807, 2.05) is 19.1 Å². The molecule has 3 aromatic rings. The molecule has 12 heteroatoms. The van der Waals surface area contributed by atoms with Gasteiger partial charge in [-0.3, -0.25) is 19.7 Å². The molecule has 0 atom stereocenters. The Morgan fingerprint density at radius 3 is 2.41 bits per heavy atom. The minimum absolute atomic E-state index is 0.00914. The molecular weight excluding hydrogens is 730 g/mol. The second kappa shape index (κ2) is 12.5. The highest BCUT2D eigenvalue weighted by Gasteiger charge is 2.35. The van der Waals surface area contributed by atoms with Crippen LogP contribution in [0.2, 0.25) is 0 Å². The van der Waals surface area contributed by atoms with E-state index in [4.69, 9.17) is 4.74 Å². The SMILES string of the molecule is CCc1ccccc1NC(=O)CN1C(=O)N/C(=C/c2cc(I)c(OCc3ccc([N+](=O)[O-])cc3)c(I)c2)C1=O. The van der Waals surface area contributed by atoms with Crippen LogP contribution in [0.1, 0.15) is 23.6 Å². The third-order valence-electron chi connectivity index (χ3n) is 5.80. The minimum atomic E-state index is -0.669. The van der Waals surface area contributed by atoms with E-state index in [9.17, 15) is 24.5 Å². The van der Waals surface area contributed by atoms with Gasteiger partial charge in [0.1, 0.15) is 24.6 Å². The van der Waals surface area contributed by atoms with Crippen LogP contribution in [0.4, 0.5) is 16.2 Å². The quantitative estimate of drug-likeness (QED) is 0.0980. The lowest BCUT2D eigenvalue weighted by Gasteiger charge is -2.13. The molecule has 1 aliphatic rings. The molecule has 4 rings (SSSR count). The van der Waals surface area contributed by atoms with Gasteiger partial charge in [0.2, 0.25) is 5.91 Å². The maximum Gasteiger partial charge on any atom is 0.329 e. The van der Waals surface area contributed by atoms with Gasteiger partial charge in [-0.15, -0.1) is 0 Å². The lowest BCUT2D eigenvalue weighted by molar-refractivity contribution is -0.384. The second-order valence-corrected chi connectivity index (χ2v) is 10.8. The fourth-order valence-corrected chi connectivity index (χ4v) is 5.96. The number of ether oxygens (including phenoxy) is 1. The number of nitro benzene ring substituents is 1. The van der Waals surface area contributed by atoms with Gasteiger partial charge in [-0.25, -0.2) is 9.69 Å². The predicted octanol–water partition coefficient (Wildman–Crippen LogP) is 5.48. The van der Waals surface area contributed by atoms with Gasteiger partial charge >= 0.3 is 6.03 Å². The summed E-state index contributed by atoms with van der Waals surface area (Å²) >= 11 is 4.23. The molecule has 0 saturated carbocycles. The standard InChI is InChI=1S/C27H22I2N4O6/c1-2-18-5-3-4-6-22(18)30-24(34)14-32-26(35)23(31-27(32)36)13-17-11-20(28)25(21(29)12-17)39-15-16-7-9-19(10-8-16)33(37)38/h3-13H,2,14-15H2,1H3,(H,30,34)(H,31,36)/b23-13+. The molecule has 3 aromatic carbocycles. The molecule has 0 unspecified atom stereocenters. The van der Waals surface area contributed by atoms with E-state index in [1.165, 1.54) is 12.1 Å². The number of aryl methyl sites for hydroxylation is 1. The number of para-hydroxylation sites is 1. The summed E-state index contributed by atoms with van der Waals surface area (Å²) in [6.45, 7) is 1.78. The van der Waals surface area contributed by atoms with Crippen LogP contribution in [0, 0.1) is 17.3 Å². The van der Waals surface area contributed by atoms with Crippen molar-refractivity contribution in [2.75, 3.05) is 11.9 Å². The summed E-state index contributed by atoms with van der Waals surface area (Å²) in [5, 5.41) is 16.1. The first kappa shape index (κ1) is 28.5. The first-order valence-corrected chi connectivity index (χ1v) is 13.9. The van der Waals surface area contributed by atoms with Crippen molar-refractivity contribution in [2.24, 2.45) is 0 Å². The van der Waals surface area contributed by atoms with Crippen LogP contribution in [0.3, 0.4) is 0 Å². The maximum atomic E-state index is 12.9. The molecule has 1 fully saturated rings. The number of carbonyl (C=O) groups excluding carboxylic acids is 3. The average Bonchev–Trinajstić information content (AvgIpc) is 3.15. The second-order valence-electron chi connectivity index (χ2n) is 8.46. The van der Waals surface area contributed by atoms with Crippen LogP contribution in [0.25, 0.3) is 6.08 Å². The fourth-order valence-electron chi connectivity index (χ4n) is 3.84. The number of anilines is 1. The normalized spacial score (nSPS) is 13.9. The Balaban J connectivity index is 1.43. The Morgan fingerprint density at radius 1 is 1.10 bits per heavy atom. The first-order valence-electron chi connectivity index (χ1n) is 11.7. The van der Waals surface area contributed by atoms with Gasteiger partial charge in [-0.1, -0.05) is 25.1 Å². The summed E-state index contributed by atoms with van der Waals surface area (Å²) in [5.74, 6) is -0.439. The molecule has 4 amide bonds. The smallest absolute Gasteiger partial charge is 0.329 e. The molecule has 0 aliphatic carbocycles. The van der Waals surface area contributed by atoms with Gasteiger partial charge in [0, 0.05) is 17.8 Å². The number of carbonyl (C=O) groups is 3. The topological polar surface area (TPSA) is 131 Å². The van der Waals surface area contributed by atoms with E-state index in [-0.39, 0.29) is 18.0 Å². The van der Waals surface area contributed by atoms with Crippen molar-refractivity contribution in [1.82, 2.24) is 10.2 Å². The Labute approximate surface area is 251 Å². The summed E-state index contributed by atoms with van der Waals surface area (Å²) in [7, 11) is 0. The van der Waals surface area contributed by atoms with Crippen molar-refractivity contribution in [1.29, 1.82) is 0 Å². The lowest BCUT2D eigenvalue weighted by Crippen LogP contribution is -2.38. The minimum Gasteiger partial charge on any atom is -0.487 e. The third kappa shape index (κ3) is 6.92. The van der Waals surface area contributed by atoms with Crippen LogP contribution in [-0.2, 0) is 22.6 Å². The van der Waals surface area contributed by atoms with Crippen LogP contribution < -0.4 is 15.4 Å². The molecule has 1 saturated heterocycles. The van der Waals surface area contributed by atoms with Crippen LogP contribution in [-0.4, -0.2) is 34.2 Å². The molecule has 10 nitrogen and oxygen atoms in total. The Hall–Kier alpha value is -3.53. The number of hydrogen-bond donors (Lipinski definition) is 2. The average molecular weight is 752 g/mol. The summed E-state index contributed by atoms with van der Waals surface area (Å²) in [4.78, 5) is 49.2. The van der Waals surface area contributed by atoms with E-state index in [1.54, 1.807) is 42.5 Å². The Morgan fingerprint density at radius 2 is 1.77 bits per heavy atom. The number of nitro groups is 1. The molecule has 0 bridgehead atoms. The van der Waals surface area contributed by atoms with Crippen molar-refractivity contribution in [2.45, 2.75) is 20.0 Å². The van der Waals surface area contributed by atoms with Crippen molar-refractivity contribution < 1.29 is 24.0 Å². The molecule has 1 aliphatic heterocycles. The van der Waals surface area contributed by atoms with Gasteiger partial charge in [-0.05, 0) is 105 Å². The largest absolute Gasteiger partial charge is 0.487 e. The van der Waals surface area contributed by atoms with Crippen LogP contribution in [0.5, 0.6) is 5.75 Å². The number of amides is 4. The number of nitrogens with one attached hydrogen (secondary N) is 2. The fraction of sp³-hybridized carbons (Fsp3) is 0.148. The zero-order valence-corrected chi connectivity index (χ0v) is 24.9. The number of non-ortho nitro benzene ring substituents is 1. The Kier molecular flexibility index (Phi) is 9.16. The van der Waals surface area contributed by atoms with Crippen LogP contribution >= 0.6 is 45.2 Å². The zero-order valence-electron chi connectivity index (χ0n) is 20.6. The molecule has 0 radical (unpaired) electrons. The van der Waals surface area contributed by atoms with Crippen molar-refractivity contribution >= 4 is 80.5 Å².